The summed E-state index contributed by atoms with van der Waals surface area (Å²) in [6, 6.07) is -0.271. The zero-order chi connectivity index (χ0) is 21.3. The van der Waals surface area contributed by atoms with Crippen molar-refractivity contribution in [1.29, 1.82) is 0 Å². The van der Waals surface area contributed by atoms with E-state index in [-0.39, 0.29) is 17.4 Å². The number of hydrogen-bond donors (Lipinski definition) is 1. The molecule has 0 bridgehead atoms. The molecule has 0 radical (unpaired) electrons. The number of nitrogens with zero attached hydrogens (tertiary/aromatic N) is 3. The Morgan fingerprint density at radius 2 is 1.67 bits per heavy atom. The molecule has 166 valence electrons. The number of carbonyl (C=O) groups is 1. The molecule has 30 heavy (non-hydrogen) atoms. The Balaban J connectivity index is 1.37. The maximum Gasteiger partial charge on any atom is 0.162 e. The lowest BCUT2D eigenvalue weighted by molar-refractivity contribution is -0.151. The van der Waals surface area contributed by atoms with Crippen molar-refractivity contribution in [3.63, 3.8) is 0 Å². The molecule has 0 saturated heterocycles. The second kappa shape index (κ2) is 6.88. The van der Waals surface area contributed by atoms with Crippen LogP contribution in [0.4, 0.5) is 0 Å². The number of aliphatic hydroxyl groups is 1. The second-order valence-corrected chi connectivity index (χ2v) is 12.0. The van der Waals surface area contributed by atoms with E-state index in [1.807, 2.05) is 13.8 Å². The monoisotopic (exact) mass is 413 g/mol. The summed E-state index contributed by atoms with van der Waals surface area (Å²) in [4.78, 5) is 15.1. The number of rotatable bonds is 3. The lowest BCUT2D eigenvalue weighted by atomic mass is 9.44. The molecule has 4 aliphatic rings. The number of ketones is 1. The van der Waals surface area contributed by atoms with Gasteiger partial charge in [-0.15, -0.1) is 0 Å². The van der Waals surface area contributed by atoms with E-state index < -0.39 is 5.60 Å². The van der Waals surface area contributed by atoms with Crippen LogP contribution in [-0.4, -0.2) is 31.5 Å². The van der Waals surface area contributed by atoms with Crippen LogP contribution in [0, 0.1) is 40.4 Å². The fourth-order valence-electron chi connectivity index (χ4n) is 8.73. The maximum atomic E-state index is 13.5. The number of fused-ring (bicyclic) bond motifs is 5. The third kappa shape index (κ3) is 2.94. The zero-order valence-corrected chi connectivity index (χ0v) is 19.2. The average Bonchev–Trinajstić information content (AvgIpc) is 3.35. The quantitative estimate of drug-likeness (QED) is 0.771. The molecule has 0 spiro atoms. The Labute approximate surface area is 181 Å². The minimum absolute atomic E-state index is 0.128. The first-order valence-electron chi connectivity index (χ1n) is 12.3. The Hall–Kier alpha value is -1.23. The summed E-state index contributed by atoms with van der Waals surface area (Å²) in [7, 11) is 0. The van der Waals surface area contributed by atoms with E-state index in [0.29, 0.717) is 23.0 Å². The Morgan fingerprint density at radius 3 is 2.40 bits per heavy atom. The fourth-order valence-corrected chi connectivity index (χ4v) is 8.73. The average molecular weight is 414 g/mol. The van der Waals surface area contributed by atoms with Gasteiger partial charge in [0.2, 0.25) is 0 Å². The summed E-state index contributed by atoms with van der Waals surface area (Å²) < 4.78 is 0. The summed E-state index contributed by atoms with van der Waals surface area (Å²) in [5.41, 5.74) is 0.0333. The summed E-state index contributed by atoms with van der Waals surface area (Å²) in [5.74, 6) is 3.33. The molecule has 1 aromatic rings. The Kier molecular flexibility index (Phi) is 4.74. The first-order chi connectivity index (χ1) is 14.2. The molecular weight excluding hydrogens is 374 g/mol. The fraction of sp³-hybridized carbons (Fsp3) is 0.880. The van der Waals surface area contributed by atoms with Gasteiger partial charge in [0.25, 0.3) is 0 Å². The van der Waals surface area contributed by atoms with Crippen molar-refractivity contribution in [2.45, 2.75) is 97.1 Å². The van der Waals surface area contributed by atoms with Crippen LogP contribution in [0.2, 0.25) is 0 Å². The first kappa shape index (κ1) is 20.7. The molecule has 1 aromatic heterocycles. The molecule has 0 aliphatic heterocycles. The molecule has 4 aliphatic carbocycles. The predicted octanol–water partition coefficient (Wildman–Crippen LogP) is 4.82. The number of Topliss-reactive ketones (excluding diaryl/α,β-unsaturated/α-hetero) is 1. The van der Waals surface area contributed by atoms with Gasteiger partial charge >= 0.3 is 0 Å². The standard InChI is InChI=1S/C25H39N3O2/c1-16(28-26-13-14-27-28)22(29)21-8-7-19-18-6-5-17-15-23(2,30)11-12-24(17,3)20(18)9-10-25(19,21)4/h13-14,16-21,30H,5-12,15H2,1-4H3/t16-,17-,18+,19+,20+,21-,23-,24+,25+/m1/s1. The molecule has 9 atom stereocenters. The Bertz CT molecular complexity index is 805. The van der Waals surface area contributed by atoms with Crippen molar-refractivity contribution in [1.82, 2.24) is 15.0 Å². The van der Waals surface area contributed by atoms with Gasteiger partial charge in [-0.3, -0.25) is 4.79 Å². The SMILES string of the molecule is C[C@H](C(=O)[C@H]1CC[C@H]2[C@@H]3CC[C@@H]4C[C@](C)(O)CC[C@]4(C)[C@H]3CC[C@]12C)n1nccn1. The van der Waals surface area contributed by atoms with E-state index in [1.165, 1.54) is 38.5 Å². The molecule has 5 rings (SSSR count). The van der Waals surface area contributed by atoms with E-state index in [9.17, 15) is 9.90 Å². The van der Waals surface area contributed by atoms with Crippen molar-refractivity contribution in [2.75, 3.05) is 0 Å². The molecule has 5 heteroatoms. The molecule has 1 heterocycles. The van der Waals surface area contributed by atoms with Gasteiger partial charge in [-0.25, -0.2) is 0 Å². The highest BCUT2D eigenvalue weighted by molar-refractivity contribution is 5.85. The summed E-state index contributed by atoms with van der Waals surface area (Å²) in [6.07, 6.45) is 13.6. The van der Waals surface area contributed by atoms with Gasteiger partial charge in [-0.2, -0.15) is 15.0 Å². The minimum atomic E-state index is -0.470. The molecule has 0 amide bonds. The van der Waals surface area contributed by atoms with E-state index in [1.54, 1.807) is 17.2 Å². The van der Waals surface area contributed by atoms with Crippen molar-refractivity contribution in [3.05, 3.63) is 12.4 Å². The van der Waals surface area contributed by atoms with E-state index >= 15 is 0 Å². The molecule has 0 unspecified atom stereocenters. The van der Waals surface area contributed by atoms with E-state index in [0.717, 1.165) is 31.1 Å². The van der Waals surface area contributed by atoms with Crippen LogP contribution >= 0.6 is 0 Å². The Morgan fingerprint density at radius 1 is 0.967 bits per heavy atom. The highest BCUT2D eigenvalue weighted by Crippen LogP contribution is 2.68. The molecule has 1 N–H and O–H groups in total. The van der Waals surface area contributed by atoms with Gasteiger partial charge in [-0.05, 0) is 106 Å². The lowest BCUT2D eigenvalue weighted by Gasteiger charge is -2.61. The predicted molar refractivity (Wildman–Crippen MR) is 116 cm³/mol. The van der Waals surface area contributed by atoms with Gasteiger partial charge in [0.1, 0.15) is 6.04 Å². The summed E-state index contributed by atoms with van der Waals surface area (Å²) in [5, 5.41) is 19.2. The van der Waals surface area contributed by atoms with Gasteiger partial charge in [0.15, 0.2) is 5.78 Å². The smallest absolute Gasteiger partial charge is 0.162 e. The van der Waals surface area contributed by atoms with Gasteiger partial charge < -0.3 is 5.11 Å². The van der Waals surface area contributed by atoms with Crippen molar-refractivity contribution < 1.29 is 9.90 Å². The summed E-state index contributed by atoms with van der Waals surface area (Å²) >= 11 is 0. The number of hydrogen-bond acceptors (Lipinski definition) is 4. The second-order valence-electron chi connectivity index (χ2n) is 12.0. The lowest BCUT2D eigenvalue weighted by Crippen LogP contribution is -2.55. The highest BCUT2D eigenvalue weighted by Gasteiger charge is 2.62. The van der Waals surface area contributed by atoms with Crippen LogP contribution in [0.1, 0.15) is 91.5 Å². The van der Waals surface area contributed by atoms with Crippen LogP contribution in [-0.2, 0) is 4.79 Å². The van der Waals surface area contributed by atoms with Crippen LogP contribution in [0.15, 0.2) is 12.4 Å². The third-order valence-electron chi connectivity index (χ3n) is 10.5. The highest BCUT2D eigenvalue weighted by atomic mass is 16.3. The van der Waals surface area contributed by atoms with Gasteiger partial charge in [-0.1, -0.05) is 13.8 Å². The zero-order valence-electron chi connectivity index (χ0n) is 19.2. The molecule has 0 aromatic carbocycles. The largest absolute Gasteiger partial charge is 0.390 e. The number of carbonyl (C=O) groups excluding carboxylic acids is 1. The number of aromatic nitrogens is 3. The van der Waals surface area contributed by atoms with Crippen LogP contribution < -0.4 is 0 Å². The topological polar surface area (TPSA) is 68.0 Å². The van der Waals surface area contributed by atoms with Crippen molar-refractivity contribution in [2.24, 2.45) is 40.4 Å². The van der Waals surface area contributed by atoms with Crippen LogP contribution in [0.5, 0.6) is 0 Å². The first-order valence-corrected chi connectivity index (χ1v) is 12.3. The van der Waals surface area contributed by atoms with Gasteiger partial charge in [0, 0.05) is 5.92 Å². The van der Waals surface area contributed by atoms with E-state index in [4.69, 9.17) is 0 Å². The normalized spacial score (nSPS) is 49.0. The maximum absolute atomic E-state index is 13.5. The molecule has 4 saturated carbocycles. The molecule has 4 fully saturated rings. The van der Waals surface area contributed by atoms with E-state index in [2.05, 4.69) is 24.0 Å². The van der Waals surface area contributed by atoms with Gasteiger partial charge in [0.05, 0.1) is 18.0 Å². The molecular formula is C25H39N3O2. The van der Waals surface area contributed by atoms with Crippen LogP contribution in [0.3, 0.4) is 0 Å². The summed E-state index contributed by atoms with van der Waals surface area (Å²) in [6.45, 7) is 8.96. The van der Waals surface area contributed by atoms with Crippen LogP contribution in [0.25, 0.3) is 0 Å². The van der Waals surface area contributed by atoms with Crippen molar-refractivity contribution in [3.8, 4) is 0 Å². The van der Waals surface area contributed by atoms with Crippen molar-refractivity contribution >= 4 is 5.78 Å². The molecule has 5 nitrogen and oxygen atoms in total. The minimum Gasteiger partial charge on any atom is -0.390 e. The third-order valence-corrected chi connectivity index (χ3v) is 10.5.